The fraction of sp³-hybridized carbons (Fsp3) is 0.429. The first-order valence-electron chi connectivity index (χ1n) is 6.36. The van der Waals surface area contributed by atoms with E-state index in [2.05, 4.69) is 24.4 Å². The van der Waals surface area contributed by atoms with E-state index in [0.29, 0.717) is 23.0 Å². The van der Waals surface area contributed by atoms with E-state index in [1.807, 2.05) is 6.92 Å². The maximum absolute atomic E-state index is 11.9. The second kappa shape index (κ2) is 5.73. The van der Waals surface area contributed by atoms with Gasteiger partial charge in [-0.3, -0.25) is 4.79 Å². The number of hydrogen-bond acceptors (Lipinski definition) is 4. The molecule has 5 heteroatoms. The molecule has 1 aromatic carbocycles. The van der Waals surface area contributed by atoms with Crippen molar-refractivity contribution in [2.75, 3.05) is 6.79 Å². The third kappa shape index (κ3) is 3.05. The molecule has 0 fully saturated rings. The van der Waals surface area contributed by atoms with E-state index in [4.69, 9.17) is 9.47 Å². The lowest BCUT2D eigenvalue weighted by Crippen LogP contribution is -2.20. The van der Waals surface area contributed by atoms with Gasteiger partial charge in [-0.05, 0) is 37.5 Å². The molecular weight excluding hydrogens is 244 g/mol. The van der Waals surface area contributed by atoms with Crippen molar-refractivity contribution in [1.82, 2.24) is 5.43 Å². The molecule has 0 aromatic heterocycles. The second-order valence-electron chi connectivity index (χ2n) is 4.57. The number of nitrogens with one attached hydrogen (secondary N) is 1. The van der Waals surface area contributed by atoms with Gasteiger partial charge >= 0.3 is 0 Å². The third-order valence-electron chi connectivity index (χ3n) is 3.29. The van der Waals surface area contributed by atoms with Crippen molar-refractivity contribution in [2.24, 2.45) is 11.0 Å². The van der Waals surface area contributed by atoms with E-state index in [0.717, 1.165) is 12.1 Å². The lowest BCUT2D eigenvalue weighted by molar-refractivity contribution is 0.0954. The van der Waals surface area contributed by atoms with Crippen molar-refractivity contribution in [3.63, 3.8) is 0 Å². The Kier molecular flexibility index (Phi) is 4.04. The maximum atomic E-state index is 11.9. The standard InChI is InChI=1S/C14H18N2O3/c1-4-9(2)10(3)15-16-14(17)11-5-6-12-13(7-11)19-8-18-12/h5-7,9H,4,8H2,1-3H3,(H,16,17)/b15-10-/t9-/m0/s1. The summed E-state index contributed by atoms with van der Waals surface area (Å²) in [6.07, 6.45) is 0.995. The minimum atomic E-state index is -0.249. The highest BCUT2D eigenvalue weighted by Crippen LogP contribution is 2.32. The average Bonchev–Trinajstić information content (AvgIpc) is 2.90. The van der Waals surface area contributed by atoms with Crippen LogP contribution in [0, 0.1) is 5.92 Å². The molecule has 1 atom stereocenters. The zero-order chi connectivity index (χ0) is 13.8. The zero-order valence-corrected chi connectivity index (χ0v) is 11.4. The molecule has 1 amide bonds. The molecule has 0 saturated heterocycles. The quantitative estimate of drug-likeness (QED) is 0.670. The summed E-state index contributed by atoms with van der Waals surface area (Å²) in [6.45, 7) is 6.27. The van der Waals surface area contributed by atoms with Crippen LogP contribution in [0.3, 0.4) is 0 Å². The molecule has 102 valence electrons. The SMILES string of the molecule is CC[C@H](C)/C(C)=N\NC(=O)c1ccc2c(c1)OCO2. The van der Waals surface area contributed by atoms with E-state index < -0.39 is 0 Å². The lowest BCUT2D eigenvalue weighted by Gasteiger charge is -2.08. The third-order valence-corrected chi connectivity index (χ3v) is 3.29. The van der Waals surface area contributed by atoms with Crippen molar-refractivity contribution in [1.29, 1.82) is 0 Å². The number of rotatable bonds is 4. The molecule has 1 N–H and O–H groups in total. The van der Waals surface area contributed by atoms with Crippen LogP contribution in [0.15, 0.2) is 23.3 Å². The van der Waals surface area contributed by atoms with Crippen LogP contribution >= 0.6 is 0 Å². The van der Waals surface area contributed by atoms with Crippen molar-refractivity contribution in [3.05, 3.63) is 23.8 Å². The molecule has 5 nitrogen and oxygen atoms in total. The molecule has 1 aliphatic heterocycles. The Morgan fingerprint density at radius 2 is 2.16 bits per heavy atom. The Morgan fingerprint density at radius 3 is 2.89 bits per heavy atom. The number of hydrazone groups is 1. The highest BCUT2D eigenvalue weighted by Gasteiger charge is 2.16. The molecule has 2 rings (SSSR count). The van der Waals surface area contributed by atoms with E-state index >= 15 is 0 Å². The summed E-state index contributed by atoms with van der Waals surface area (Å²) >= 11 is 0. The van der Waals surface area contributed by atoms with Gasteiger partial charge < -0.3 is 9.47 Å². The number of hydrogen-bond donors (Lipinski definition) is 1. The van der Waals surface area contributed by atoms with Crippen molar-refractivity contribution >= 4 is 11.6 Å². The Labute approximate surface area is 112 Å². The van der Waals surface area contributed by atoms with Gasteiger partial charge in [0.1, 0.15) is 0 Å². The van der Waals surface area contributed by atoms with Crippen LogP contribution in [0.1, 0.15) is 37.6 Å². The number of benzene rings is 1. The van der Waals surface area contributed by atoms with Crippen LogP contribution in [0.25, 0.3) is 0 Å². The summed E-state index contributed by atoms with van der Waals surface area (Å²) in [5.74, 6) is 1.36. The average molecular weight is 262 g/mol. The van der Waals surface area contributed by atoms with Crippen LogP contribution in [0.2, 0.25) is 0 Å². The predicted octanol–water partition coefficient (Wildman–Crippen LogP) is 2.57. The van der Waals surface area contributed by atoms with Gasteiger partial charge in [0, 0.05) is 11.3 Å². The first-order chi connectivity index (χ1) is 9.11. The second-order valence-corrected chi connectivity index (χ2v) is 4.57. The number of nitrogens with zero attached hydrogens (tertiary/aromatic N) is 1. The predicted molar refractivity (Wildman–Crippen MR) is 72.6 cm³/mol. The molecule has 0 unspecified atom stereocenters. The lowest BCUT2D eigenvalue weighted by atomic mass is 10.1. The smallest absolute Gasteiger partial charge is 0.271 e. The van der Waals surface area contributed by atoms with Gasteiger partial charge in [0.2, 0.25) is 6.79 Å². The van der Waals surface area contributed by atoms with Crippen molar-refractivity contribution < 1.29 is 14.3 Å². The summed E-state index contributed by atoms with van der Waals surface area (Å²) in [5, 5.41) is 4.11. The van der Waals surface area contributed by atoms with E-state index in [1.54, 1.807) is 18.2 Å². The summed E-state index contributed by atoms with van der Waals surface area (Å²) in [6, 6.07) is 5.07. The van der Waals surface area contributed by atoms with Crippen molar-refractivity contribution in [3.8, 4) is 11.5 Å². The van der Waals surface area contributed by atoms with Gasteiger partial charge in [-0.25, -0.2) is 5.43 Å². The molecule has 0 spiro atoms. The number of fused-ring (bicyclic) bond motifs is 1. The monoisotopic (exact) mass is 262 g/mol. The largest absolute Gasteiger partial charge is 0.454 e. The van der Waals surface area contributed by atoms with Gasteiger partial charge in [0.15, 0.2) is 11.5 Å². The molecule has 0 saturated carbocycles. The molecule has 1 aromatic rings. The van der Waals surface area contributed by atoms with Crippen LogP contribution < -0.4 is 14.9 Å². The number of carbonyl (C=O) groups excluding carboxylic acids is 1. The summed E-state index contributed by atoms with van der Waals surface area (Å²) in [7, 11) is 0. The van der Waals surface area contributed by atoms with Gasteiger partial charge in [0.05, 0.1) is 0 Å². The van der Waals surface area contributed by atoms with Crippen LogP contribution in [0.4, 0.5) is 0 Å². The highest BCUT2D eigenvalue weighted by atomic mass is 16.7. The molecule has 1 aliphatic rings. The minimum absolute atomic E-state index is 0.200. The highest BCUT2D eigenvalue weighted by molar-refractivity contribution is 5.96. The zero-order valence-electron chi connectivity index (χ0n) is 11.4. The summed E-state index contributed by atoms with van der Waals surface area (Å²) in [5.41, 5.74) is 3.98. The number of amides is 1. The van der Waals surface area contributed by atoms with Crippen LogP contribution in [-0.2, 0) is 0 Å². The van der Waals surface area contributed by atoms with Crippen LogP contribution in [-0.4, -0.2) is 18.4 Å². The van der Waals surface area contributed by atoms with E-state index in [1.165, 1.54) is 0 Å². The molecule has 0 bridgehead atoms. The number of carbonyl (C=O) groups is 1. The molecule has 1 heterocycles. The molecular formula is C14H18N2O3. The molecule has 0 radical (unpaired) electrons. The number of ether oxygens (including phenoxy) is 2. The fourth-order valence-electron chi connectivity index (χ4n) is 1.65. The molecule has 0 aliphatic carbocycles. The van der Waals surface area contributed by atoms with Crippen LogP contribution in [0.5, 0.6) is 11.5 Å². The van der Waals surface area contributed by atoms with Gasteiger partial charge in [-0.1, -0.05) is 13.8 Å². The first-order valence-corrected chi connectivity index (χ1v) is 6.36. The minimum Gasteiger partial charge on any atom is -0.454 e. The van der Waals surface area contributed by atoms with E-state index in [9.17, 15) is 4.79 Å². The Balaban J connectivity index is 2.04. The van der Waals surface area contributed by atoms with Gasteiger partial charge in [-0.2, -0.15) is 5.10 Å². The molecule has 19 heavy (non-hydrogen) atoms. The fourth-order valence-corrected chi connectivity index (χ4v) is 1.65. The Hall–Kier alpha value is -2.04. The van der Waals surface area contributed by atoms with E-state index in [-0.39, 0.29) is 12.7 Å². The van der Waals surface area contributed by atoms with Gasteiger partial charge in [-0.15, -0.1) is 0 Å². The van der Waals surface area contributed by atoms with Crippen molar-refractivity contribution in [2.45, 2.75) is 27.2 Å². The Morgan fingerprint density at radius 1 is 1.42 bits per heavy atom. The topological polar surface area (TPSA) is 59.9 Å². The maximum Gasteiger partial charge on any atom is 0.271 e. The Bertz CT molecular complexity index is 511. The first kappa shape index (κ1) is 13.4. The summed E-state index contributed by atoms with van der Waals surface area (Å²) in [4.78, 5) is 11.9. The van der Waals surface area contributed by atoms with Gasteiger partial charge in [0.25, 0.3) is 5.91 Å². The normalized spacial score (nSPS) is 15.2. The summed E-state index contributed by atoms with van der Waals surface area (Å²) < 4.78 is 10.4.